The Balaban J connectivity index is 2.26. The summed E-state index contributed by atoms with van der Waals surface area (Å²) in [5.41, 5.74) is -1.88. The maximum Gasteiger partial charge on any atom is 0.342 e. The van der Waals surface area contributed by atoms with Gasteiger partial charge in [0.15, 0.2) is 17.1 Å². The van der Waals surface area contributed by atoms with Crippen LogP contribution in [0.25, 0.3) is 11.0 Å². The molecule has 0 bridgehead atoms. The second kappa shape index (κ2) is 7.65. The number of phosphoric ester groups is 1. The van der Waals surface area contributed by atoms with Crippen LogP contribution in [-0.2, 0) is 20.2 Å². The molecule has 8 nitrogen and oxygen atoms in total. The van der Waals surface area contributed by atoms with Crippen molar-refractivity contribution in [2.24, 2.45) is 0 Å². The van der Waals surface area contributed by atoms with Gasteiger partial charge in [-0.1, -0.05) is 0 Å². The Labute approximate surface area is 153 Å². The standard InChI is InChI=1S/C16H20F2NO7P/c1-9-10-7-12(17)14(20)13(18)15(10)26-16(21)11(9)8-25-27(22,23)24-6-5-19(2,3)4/h7H,5-6,8H2,1-4H3,(H-,20,21,22,23). The Morgan fingerprint density at radius 3 is 2.52 bits per heavy atom. The molecule has 1 unspecified atom stereocenters. The van der Waals surface area contributed by atoms with Crippen LogP contribution in [0.4, 0.5) is 8.78 Å². The van der Waals surface area contributed by atoms with Crippen LogP contribution in [0.2, 0.25) is 0 Å². The largest absolute Gasteiger partial charge is 0.756 e. The van der Waals surface area contributed by atoms with Crippen molar-refractivity contribution in [1.29, 1.82) is 0 Å². The van der Waals surface area contributed by atoms with Gasteiger partial charge in [-0.05, 0) is 18.6 Å². The molecule has 0 fully saturated rings. The molecule has 11 heteroatoms. The monoisotopic (exact) mass is 407 g/mol. The lowest BCUT2D eigenvalue weighted by Gasteiger charge is -2.27. The van der Waals surface area contributed by atoms with Crippen LogP contribution < -0.4 is 10.5 Å². The maximum absolute atomic E-state index is 13.9. The van der Waals surface area contributed by atoms with Gasteiger partial charge in [0.25, 0.3) is 7.82 Å². The molecule has 1 atom stereocenters. The van der Waals surface area contributed by atoms with Crippen molar-refractivity contribution < 1.29 is 41.3 Å². The van der Waals surface area contributed by atoms with Gasteiger partial charge in [-0.15, -0.1) is 0 Å². The van der Waals surface area contributed by atoms with Crippen LogP contribution in [0.15, 0.2) is 15.3 Å². The Morgan fingerprint density at radius 2 is 1.93 bits per heavy atom. The topological polar surface area (TPSA) is 109 Å². The lowest BCUT2D eigenvalue weighted by molar-refractivity contribution is -0.870. The summed E-state index contributed by atoms with van der Waals surface area (Å²) >= 11 is 0. The van der Waals surface area contributed by atoms with Gasteiger partial charge in [-0.3, -0.25) is 4.57 Å². The second-order valence-corrected chi connectivity index (χ2v) is 8.37. The summed E-state index contributed by atoms with van der Waals surface area (Å²) in [4.78, 5) is 23.9. The number of aryl methyl sites for hydroxylation is 1. The highest BCUT2D eigenvalue weighted by atomic mass is 31.2. The van der Waals surface area contributed by atoms with Gasteiger partial charge in [-0.2, -0.15) is 4.39 Å². The molecule has 150 valence electrons. The molecule has 27 heavy (non-hydrogen) atoms. The summed E-state index contributed by atoms with van der Waals surface area (Å²) in [6, 6.07) is 0.782. The molecule has 1 aromatic heterocycles. The SMILES string of the molecule is Cc1c(COP(=O)([O-])OCC[N+](C)(C)C)c(=O)oc2c(F)c(O)c(F)cc12. The quantitative estimate of drug-likeness (QED) is 0.423. The Bertz CT molecular complexity index is 968. The first-order valence-corrected chi connectivity index (χ1v) is 9.32. The van der Waals surface area contributed by atoms with E-state index in [4.69, 9.17) is 13.5 Å². The molecule has 1 heterocycles. The van der Waals surface area contributed by atoms with Gasteiger partial charge >= 0.3 is 5.63 Å². The fourth-order valence-corrected chi connectivity index (χ4v) is 2.88. The molecule has 0 spiro atoms. The zero-order valence-corrected chi connectivity index (χ0v) is 16.1. The number of phenols is 1. The van der Waals surface area contributed by atoms with Crippen molar-refractivity contribution in [3.05, 3.63) is 39.2 Å². The molecule has 2 rings (SSSR count). The van der Waals surface area contributed by atoms with Crippen LogP contribution >= 0.6 is 7.82 Å². The average Bonchev–Trinajstić information content (AvgIpc) is 2.52. The number of hydrogen-bond donors (Lipinski definition) is 1. The minimum Gasteiger partial charge on any atom is -0.756 e. The summed E-state index contributed by atoms with van der Waals surface area (Å²) < 4.78 is 53.9. The highest BCUT2D eigenvalue weighted by Gasteiger charge is 2.21. The second-order valence-electron chi connectivity index (χ2n) is 6.96. The van der Waals surface area contributed by atoms with Gasteiger partial charge in [0.2, 0.25) is 5.82 Å². The highest BCUT2D eigenvalue weighted by molar-refractivity contribution is 7.45. The molecule has 0 radical (unpaired) electrons. The van der Waals surface area contributed by atoms with E-state index in [0.29, 0.717) is 11.0 Å². The summed E-state index contributed by atoms with van der Waals surface area (Å²) in [5.74, 6) is -3.94. The Kier molecular flexibility index (Phi) is 6.08. The number of fused-ring (bicyclic) bond motifs is 1. The molecule has 0 aliphatic rings. The molecule has 1 aromatic carbocycles. The minimum atomic E-state index is -4.70. The Morgan fingerprint density at radius 1 is 1.30 bits per heavy atom. The number of quaternary nitrogens is 1. The minimum absolute atomic E-state index is 0.0606. The van der Waals surface area contributed by atoms with E-state index in [9.17, 15) is 28.1 Å². The van der Waals surface area contributed by atoms with Gasteiger partial charge in [0.1, 0.15) is 13.2 Å². The zero-order valence-electron chi connectivity index (χ0n) is 15.2. The average molecular weight is 407 g/mol. The third-order valence-corrected chi connectivity index (χ3v) is 4.77. The fourth-order valence-electron chi connectivity index (χ4n) is 2.21. The predicted octanol–water partition coefficient (Wildman–Crippen LogP) is 1.79. The molecule has 1 N–H and O–H groups in total. The molecular formula is C16H20F2NO7P. The van der Waals surface area contributed by atoms with Gasteiger partial charge in [0.05, 0.1) is 33.3 Å². The number of likely N-dealkylation sites (N-methyl/N-ethyl adjacent to an activating group) is 1. The van der Waals surface area contributed by atoms with E-state index in [1.54, 1.807) is 0 Å². The number of nitrogens with zero attached hydrogens (tertiary/aromatic N) is 1. The Hall–Kier alpha value is -1.84. The zero-order chi connectivity index (χ0) is 20.6. The number of phenolic OH excluding ortho intramolecular Hbond substituents is 1. The number of rotatable bonds is 7. The van der Waals surface area contributed by atoms with E-state index in [-0.39, 0.29) is 23.1 Å². The van der Waals surface area contributed by atoms with Crippen molar-refractivity contribution in [3.63, 3.8) is 0 Å². The van der Waals surface area contributed by atoms with Crippen molar-refractivity contribution in [3.8, 4) is 5.75 Å². The normalized spacial score (nSPS) is 14.5. The number of benzene rings is 1. The summed E-state index contributed by atoms with van der Waals surface area (Å²) in [6.45, 7) is 0.904. The number of phosphoric acid groups is 1. The van der Waals surface area contributed by atoms with Crippen molar-refractivity contribution in [1.82, 2.24) is 0 Å². The van der Waals surface area contributed by atoms with Crippen molar-refractivity contribution in [2.45, 2.75) is 13.5 Å². The van der Waals surface area contributed by atoms with Crippen molar-refractivity contribution >= 4 is 18.8 Å². The van der Waals surface area contributed by atoms with E-state index in [1.165, 1.54) is 6.92 Å². The van der Waals surface area contributed by atoms with Gasteiger partial charge in [-0.25, -0.2) is 9.18 Å². The fraction of sp³-hybridized carbons (Fsp3) is 0.438. The van der Waals surface area contributed by atoms with Crippen LogP contribution in [0.5, 0.6) is 5.75 Å². The number of halogens is 2. The van der Waals surface area contributed by atoms with Crippen LogP contribution in [0.1, 0.15) is 11.1 Å². The summed E-state index contributed by atoms with van der Waals surface area (Å²) in [5, 5.41) is 9.14. The first-order chi connectivity index (χ1) is 12.3. The van der Waals surface area contributed by atoms with Gasteiger partial charge in [0, 0.05) is 5.39 Å². The lowest BCUT2D eigenvalue weighted by atomic mass is 10.1. The predicted molar refractivity (Wildman–Crippen MR) is 90.0 cm³/mol. The third kappa shape index (κ3) is 5.12. The smallest absolute Gasteiger partial charge is 0.342 e. The summed E-state index contributed by atoms with van der Waals surface area (Å²) in [6.07, 6.45) is 0. The lowest BCUT2D eigenvalue weighted by Crippen LogP contribution is -2.37. The van der Waals surface area contributed by atoms with Gasteiger partial charge < -0.3 is 27.9 Å². The number of aromatic hydroxyl groups is 1. The van der Waals surface area contributed by atoms with E-state index < -0.39 is 43.0 Å². The molecule has 0 aliphatic carbocycles. The van der Waals surface area contributed by atoms with Crippen LogP contribution in [0.3, 0.4) is 0 Å². The molecule has 2 aromatic rings. The molecule has 0 saturated heterocycles. The van der Waals surface area contributed by atoms with Crippen LogP contribution in [0, 0.1) is 18.6 Å². The molecular weight excluding hydrogens is 387 g/mol. The highest BCUT2D eigenvalue weighted by Crippen LogP contribution is 2.39. The van der Waals surface area contributed by atoms with Crippen LogP contribution in [-0.4, -0.2) is 43.9 Å². The van der Waals surface area contributed by atoms with E-state index >= 15 is 0 Å². The summed E-state index contributed by atoms with van der Waals surface area (Å²) in [7, 11) is 0.841. The van der Waals surface area contributed by atoms with E-state index in [2.05, 4.69) is 0 Å². The van der Waals surface area contributed by atoms with E-state index in [0.717, 1.165) is 6.07 Å². The number of hydrogen-bond acceptors (Lipinski definition) is 7. The van der Waals surface area contributed by atoms with E-state index in [1.807, 2.05) is 21.1 Å². The maximum atomic E-state index is 13.9. The molecule has 0 amide bonds. The van der Waals surface area contributed by atoms with Crippen molar-refractivity contribution in [2.75, 3.05) is 34.3 Å². The molecule has 0 aliphatic heterocycles. The first-order valence-electron chi connectivity index (χ1n) is 7.86. The molecule has 0 saturated carbocycles. The first kappa shape index (κ1) is 21.5. The third-order valence-electron chi connectivity index (χ3n) is 3.83.